The van der Waals surface area contributed by atoms with Crippen molar-refractivity contribution in [3.63, 3.8) is 0 Å². The van der Waals surface area contributed by atoms with Crippen LogP contribution >= 0.6 is 11.8 Å². The zero-order chi connectivity index (χ0) is 10.8. The van der Waals surface area contributed by atoms with Crippen LogP contribution in [0.15, 0.2) is 23.1 Å². The smallest absolute Gasteiger partial charge is 0.143 e. The first kappa shape index (κ1) is 10.7. The number of benzene rings is 1. The van der Waals surface area contributed by atoms with Crippen LogP contribution in [0, 0.1) is 0 Å². The van der Waals surface area contributed by atoms with E-state index in [2.05, 4.69) is 43.5 Å². The van der Waals surface area contributed by atoms with Gasteiger partial charge in [-0.25, -0.2) is 0 Å². The molecule has 1 aromatic carbocycles. The number of thioether (sulfide) groups is 1. The molecule has 1 aliphatic rings. The molecule has 1 aromatic rings. The average Bonchev–Trinajstić information content (AvgIpc) is 3.02. The molecule has 0 unspecified atom stereocenters. The second-order valence-electron chi connectivity index (χ2n) is 4.05. The maximum atomic E-state index is 5.87. The van der Waals surface area contributed by atoms with E-state index in [1.165, 1.54) is 23.4 Å². The normalized spacial score (nSPS) is 15.1. The van der Waals surface area contributed by atoms with Gasteiger partial charge < -0.3 is 9.64 Å². The van der Waals surface area contributed by atoms with Crippen LogP contribution in [0.25, 0.3) is 0 Å². The molecular weight excluding hydrogens is 206 g/mol. The quantitative estimate of drug-likeness (QED) is 0.728. The lowest BCUT2D eigenvalue weighted by Gasteiger charge is -2.18. The summed E-state index contributed by atoms with van der Waals surface area (Å²) in [6, 6.07) is 6.39. The van der Waals surface area contributed by atoms with Crippen LogP contribution in [-0.2, 0) is 0 Å². The third-order valence-corrected chi connectivity index (χ3v) is 3.19. The van der Waals surface area contributed by atoms with Crippen molar-refractivity contribution in [3.8, 4) is 5.75 Å². The second kappa shape index (κ2) is 4.35. The Bertz CT molecular complexity index is 347. The third-order valence-electron chi connectivity index (χ3n) is 2.47. The summed E-state index contributed by atoms with van der Waals surface area (Å²) in [5, 5.41) is 0. The molecule has 2 nitrogen and oxygen atoms in total. The Hall–Kier alpha value is -0.830. The lowest BCUT2D eigenvalue weighted by Crippen LogP contribution is -2.11. The minimum Gasteiger partial charge on any atom is -0.488 e. The van der Waals surface area contributed by atoms with Crippen molar-refractivity contribution in [2.45, 2.75) is 23.8 Å². The van der Waals surface area contributed by atoms with Crippen LogP contribution in [0.4, 0.5) is 5.69 Å². The van der Waals surface area contributed by atoms with E-state index >= 15 is 0 Å². The molecule has 0 bridgehead atoms. The third kappa shape index (κ3) is 2.59. The summed E-state index contributed by atoms with van der Waals surface area (Å²) in [6.07, 6.45) is 4.97. The van der Waals surface area contributed by atoms with Gasteiger partial charge in [0.25, 0.3) is 0 Å². The molecule has 0 atom stereocenters. The predicted octanol–water partition coefficient (Wildman–Crippen LogP) is 3.02. The number of nitrogens with zero attached hydrogens (tertiary/aromatic N) is 1. The minimum absolute atomic E-state index is 0.462. The Kier molecular flexibility index (Phi) is 3.10. The minimum atomic E-state index is 0.462. The molecule has 0 aromatic heterocycles. The Labute approximate surface area is 95.6 Å². The van der Waals surface area contributed by atoms with E-state index < -0.39 is 0 Å². The molecule has 0 spiro atoms. The van der Waals surface area contributed by atoms with Gasteiger partial charge in [0.1, 0.15) is 5.75 Å². The average molecular weight is 223 g/mol. The zero-order valence-corrected chi connectivity index (χ0v) is 10.3. The molecule has 15 heavy (non-hydrogen) atoms. The van der Waals surface area contributed by atoms with Gasteiger partial charge in [-0.2, -0.15) is 0 Å². The first-order valence-corrected chi connectivity index (χ1v) is 6.45. The Morgan fingerprint density at radius 1 is 1.33 bits per heavy atom. The van der Waals surface area contributed by atoms with Gasteiger partial charge in [-0.3, -0.25) is 0 Å². The number of hydrogen-bond donors (Lipinski definition) is 0. The SMILES string of the molecule is CSc1ccc(OC2CC2)c(N(C)C)c1. The van der Waals surface area contributed by atoms with Gasteiger partial charge in [0.15, 0.2) is 0 Å². The van der Waals surface area contributed by atoms with E-state index in [-0.39, 0.29) is 0 Å². The fourth-order valence-electron chi connectivity index (χ4n) is 1.44. The Morgan fingerprint density at radius 3 is 2.60 bits per heavy atom. The first-order chi connectivity index (χ1) is 7.20. The van der Waals surface area contributed by atoms with Crippen LogP contribution in [0.1, 0.15) is 12.8 Å². The van der Waals surface area contributed by atoms with Crippen LogP contribution in [0.5, 0.6) is 5.75 Å². The van der Waals surface area contributed by atoms with Gasteiger partial charge in [0.05, 0.1) is 11.8 Å². The lowest BCUT2D eigenvalue weighted by molar-refractivity contribution is 0.304. The van der Waals surface area contributed by atoms with E-state index in [9.17, 15) is 0 Å². The Morgan fingerprint density at radius 2 is 2.07 bits per heavy atom. The van der Waals surface area contributed by atoms with E-state index in [1.54, 1.807) is 11.8 Å². The fraction of sp³-hybridized carbons (Fsp3) is 0.500. The molecule has 0 N–H and O–H groups in total. The molecular formula is C12H17NOS. The molecule has 0 amide bonds. The number of anilines is 1. The van der Waals surface area contributed by atoms with Gasteiger partial charge in [0, 0.05) is 19.0 Å². The molecule has 1 aliphatic carbocycles. The van der Waals surface area contributed by atoms with Crippen molar-refractivity contribution >= 4 is 17.4 Å². The maximum Gasteiger partial charge on any atom is 0.143 e. The topological polar surface area (TPSA) is 12.5 Å². The molecule has 82 valence electrons. The molecule has 0 heterocycles. The number of hydrogen-bond acceptors (Lipinski definition) is 3. The highest BCUT2D eigenvalue weighted by atomic mass is 32.2. The maximum absolute atomic E-state index is 5.87. The number of ether oxygens (including phenoxy) is 1. The molecule has 1 fully saturated rings. The van der Waals surface area contributed by atoms with E-state index in [0.29, 0.717) is 6.10 Å². The summed E-state index contributed by atoms with van der Waals surface area (Å²) in [6.45, 7) is 0. The van der Waals surface area contributed by atoms with Gasteiger partial charge >= 0.3 is 0 Å². The monoisotopic (exact) mass is 223 g/mol. The van der Waals surface area contributed by atoms with Gasteiger partial charge in [-0.05, 0) is 37.3 Å². The van der Waals surface area contributed by atoms with Crippen molar-refractivity contribution in [1.82, 2.24) is 0 Å². The summed E-state index contributed by atoms with van der Waals surface area (Å²) < 4.78 is 5.87. The van der Waals surface area contributed by atoms with E-state index in [1.807, 2.05) is 0 Å². The first-order valence-electron chi connectivity index (χ1n) is 5.22. The summed E-state index contributed by atoms with van der Waals surface area (Å²) in [4.78, 5) is 3.39. The van der Waals surface area contributed by atoms with E-state index in [4.69, 9.17) is 4.74 Å². The highest BCUT2D eigenvalue weighted by molar-refractivity contribution is 7.98. The van der Waals surface area contributed by atoms with Crippen molar-refractivity contribution in [2.75, 3.05) is 25.3 Å². The second-order valence-corrected chi connectivity index (χ2v) is 4.92. The van der Waals surface area contributed by atoms with Crippen LogP contribution in [0.3, 0.4) is 0 Å². The molecule has 1 saturated carbocycles. The summed E-state index contributed by atoms with van der Waals surface area (Å²) >= 11 is 1.76. The molecule has 0 aliphatic heterocycles. The standard InChI is InChI=1S/C12H17NOS/c1-13(2)11-8-10(15-3)6-7-12(11)14-9-4-5-9/h6-9H,4-5H2,1-3H3. The van der Waals surface area contributed by atoms with Gasteiger partial charge in [-0.15, -0.1) is 11.8 Å². The molecule has 2 rings (SSSR count). The van der Waals surface area contributed by atoms with E-state index in [0.717, 1.165) is 5.75 Å². The molecule has 0 radical (unpaired) electrons. The molecule has 0 saturated heterocycles. The zero-order valence-electron chi connectivity index (χ0n) is 9.49. The van der Waals surface area contributed by atoms with Gasteiger partial charge in [-0.1, -0.05) is 0 Å². The predicted molar refractivity (Wildman–Crippen MR) is 66.2 cm³/mol. The highest BCUT2D eigenvalue weighted by Crippen LogP contribution is 2.35. The van der Waals surface area contributed by atoms with Crippen LogP contribution in [0.2, 0.25) is 0 Å². The Balaban J connectivity index is 2.25. The number of rotatable bonds is 4. The van der Waals surface area contributed by atoms with Crippen LogP contribution in [-0.4, -0.2) is 26.5 Å². The fourth-order valence-corrected chi connectivity index (χ4v) is 1.87. The lowest BCUT2D eigenvalue weighted by atomic mass is 10.3. The highest BCUT2D eigenvalue weighted by Gasteiger charge is 2.24. The van der Waals surface area contributed by atoms with Gasteiger partial charge in [0.2, 0.25) is 0 Å². The summed E-state index contributed by atoms with van der Waals surface area (Å²) in [5.74, 6) is 1.01. The largest absolute Gasteiger partial charge is 0.488 e. The summed E-state index contributed by atoms with van der Waals surface area (Å²) in [5.41, 5.74) is 1.17. The van der Waals surface area contributed by atoms with Crippen LogP contribution < -0.4 is 9.64 Å². The van der Waals surface area contributed by atoms with Crippen molar-refractivity contribution < 1.29 is 4.74 Å². The van der Waals surface area contributed by atoms with Crippen molar-refractivity contribution in [2.24, 2.45) is 0 Å². The molecule has 3 heteroatoms. The summed E-state index contributed by atoms with van der Waals surface area (Å²) in [7, 11) is 4.11. The van der Waals surface area contributed by atoms with Crippen molar-refractivity contribution in [1.29, 1.82) is 0 Å². The van der Waals surface area contributed by atoms with Crippen molar-refractivity contribution in [3.05, 3.63) is 18.2 Å².